The van der Waals surface area contributed by atoms with Crippen molar-refractivity contribution in [1.29, 1.82) is 0 Å². The third-order valence-electron chi connectivity index (χ3n) is 1.90. The van der Waals surface area contributed by atoms with Crippen molar-refractivity contribution < 1.29 is 0 Å². The van der Waals surface area contributed by atoms with E-state index in [1.807, 2.05) is 0 Å². The molecule has 0 spiro atoms. The summed E-state index contributed by atoms with van der Waals surface area (Å²) in [5.41, 5.74) is 1.58. The summed E-state index contributed by atoms with van der Waals surface area (Å²) in [5, 5.41) is 1.09. The molecule has 1 rings (SSSR count). The Bertz CT molecular complexity index is 153. The van der Waals surface area contributed by atoms with E-state index in [-0.39, 0.29) is 0 Å². The van der Waals surface area contributed by atoms with Gasteiger partial charge in [0.1, 0.15) is 0 Å². The van der Waals surface area contributed by atoms with Gasteiger partial charge in [-0.25, -0.2) is 0 Å². The molecule has 0 saturated carbocycles. The first-order valence-corrected chi connectivity index (χ1v) is 6.71. The molecule has 0 amide bonds. The van der Waals surface area contributed by atoms with Crippen LogP contribution in [0.25, 0.3) is 0 Å². The van der Waals surface area contributed by atoms with Crippen LogP contribution in [0, 0.1) is 0 Å². The maximum absolute atomic E-state index is 3.66. The Morgan fingerprint density at radius 3 is 2.64 bits per heavy atom. The molecule has 2 unspecified atom stereocenters. The van der Waals surface area contributed by atoms with E-state index in [1.54, 1.807) is 5.57 Å². The monoisotopic (exact) mass is 344 g/mol. The quantitative estimate of drug-likeness (QED) is 0.523. The second-order valence-corrected chi connectivity index (χ2v) is 5.92. The van der Waals surface area contributed by atoms with Crippen molar-refractivity contribution in [2.75, 3.05) is 5.33 Å². The minimum atomic E-state index is 0.626. The van der Waals surface area contributed by atoms with Crippen molar-refractivity contribution in [3.63, 3.8) is 0 Å². The van der Waals surface area contributed by atoms with E-state index in [2.05, 4.69) is 53.9 Å². The summed E-state index contributed by atoms with van der Waals surface area (Å²) >= 11 is 10.7. The van der Waals surface area contributed by atoms with Crippen LogP contribution in [0.4, 0.5) is 0 Å². The summed E-state index contributed by atoms with van der Waals surface area (Å²) in [4.78, 5) is 1.25. The Morgan fingerprint density at radius 1 is 1.36 bits per heavy atom. The normalized spacial score (nSPS) is 31.7. The van der Waals surface area contributed by atoms with Gasteiger partial charge in [0.25, 0.3) is 0 Å². The van der Waals surface area contributed by atoms with Crippen LogP contribution in [0.1, 0.15) is 19.3 Å². The molecule has 0 N–H and O–H groups in total. The lowest BCUT2D eigenvalue weighted by Crippen LogP contribution is -2.18. The van der Waals surface area contributed by atoms with E-state index in [0.29, 0.717) is 9.65 Å². The molecule has 0 heterocycles. The molecule has 0 aliphatic heterocycles. The zero-order valence-electron chi connectivity index (χ0n) is 6.19. The molecule has 0 aromatic heterocycles. The van der Waals surface area contributed by atoms with E-state index < -0.39 is 0 Å². The molecule has 64 valence electrons. The van der Waals surface area contributed by atoms with Crippen molar-refractivity contribution >= 4 is 47.8 Å². The fourth-order valence-electron chi connectivity index (χ4n) is 1.21. The number of alkyl halides is 3. The summed E-state index contributed by atoms with van der Waals surface area (Å²) < 4.78 is 0. The zero-order chi connectivity index (χ0) is 8.27. The Morgan fingerprint density at radius 2 is 2.09 bits per heavy atom. The predicted molar refractivity (Wildman–Crippen MR) is 61.2 cm³/mol. The Kier molecular flexibility index (Phi) is 4.69. The van der Waals surface area contributed by atoms with Gasteiger partial charge in [-0.1, -0.05) is 59.4 Å². The van der Waals surface area contributed by atoms with Gasteiger partial charge in [0.05, 0.1) is 0 Å². The van der Waals surface area contributed by atoms with Gasteiger partial charge in [0.15, 0.2) is 0 Å². The van der Waals surface area contributed by atoms with Crippen molar-refractivity contribution in [2.45, 2.75) is 28.9 Å². The van der Waals surface area contributed by atoms with Gasteiger partial charge < -0.3 is 0 Å². The van der Waals surface area contributed by atoms with Gasteiger partial charge in [0, 0.05) is 15.0 Å². The van der Waals surface area contributed by atoms with Crippen LogP contribution in [0.5, 0.6) is 0 Å². The Labute approximate surface area is 93.2 Å². The van der Waals surface area contributed by atoms with E-state index >= 15 is 0 Å². The maximum Gasteiger partial charge on any atom is 0.0311 e. The van der Waals surface area contributed by atoms with Crippen LogP contribution in [-0.2, 0) is 0 Å². The van der Waals surface area contributed by atoms with Crippen LogP contribution in [0.15, 0.2) is 11.6 Å². The smallest absolute Gasteiger partial charge is 0.0311 e. The molecule has 0 radical (unpaired) electrons. The molecular weight excluding hydrogens is 336 g/mol. The average Bonchev–Trinajstić information content (AvgIpc) is 1.98. The van der Waals surface area contributed by atoms with Crippen LogP contribution >= 0.6 is 47.8 Å². The highest BCUT2D eigenvalue weighted by Gasteiger charge is 2.20. The van der Waals surface area contributed by atoms with Crippen molar-refractivity contribution in [3.05, 3.63) is 11.6 Å². The van der Waals surface area contributed by atoms with Crippen LogP contribution in [0.3, 0.4) is 0 Å². The van der Waals surface area contributed by atoms with Gasteiger partial charge in [-0.3, -0.25) is 0 Å². The average molecular weight is 347 g/mol. The molecule has 0 bridgehead atoms. The lowest BCUT2D eigenvalue weighted by Gasteiger charge is -2.22. The number of rotatable bonds is 2. The summed E-state index contributed by atoms with van der Waals surface area (Å²) in [6.07, 6.45) is 5.92. The molecule has 1 aliphatic rings. The molecule has 3 heteroatoms. The molecule has 0 saturated heterocycles. The minimum absolute atomic E-state index is 0.626. The molecule has 0 aromatic carbocycles. The van der Waals surface area contributed by atoms with Crippen LogP contribution in [-0.4, -0.2) is 15.0 Å². The fourth-order valence-corrected chi connectivity index (χ4v) is 2.73. The zero-order valence-corrected chi connectivity index (χ0v) is 11.0. The summed E-state index contributed by atoms with van der Waals surface area (Å²) in [5.74, 6) is 0. The molecule has 0 nitrogen and oxygen atoms in total. The number of hydrogen-bond acceptors (Lipinski definition) is 0. The second-order valence-electron chi connectivity index (χ2n) is 2.77. The summed E-state index contributed by atoms with van der Waals surface area (Å²) in [6.45, 7) is 0. The van der Waals surface area contributed by atoms with Gasteiger partial charge in [-0.15, -0.1) is 0 Å². The fraction of sp³-hybridized carbons (Fsp3) is 0.750. The minimum Gasteiger partial charge on any atom is -0.0925 e. The highest BCUT2D eigenvalue weighted by atomic mass is 79.9. The SMILES string of the molecule is BrCCC1=CCC(Br)C(Br)C1. The topological polar surface area (TPSA) is 0 Å². The highest BCUT2D eigenvalue weighted by molar-refractivity contribution is 9.12. The first-order chi connectivity index (χ1) is 5.24. The van der Waals surface area contributed by atoms with Gasteiger partial charge in [-0.05, 0) is 19.3 Å². The summed E-state index contributed by atoms with van der Waals surface area (Å²) in [6, 6.07) is 0. The third kappa shape index (κ3) is 3.19. The largest absolute Gasteiger partial charge is 0.0925 e. The molecule has 11 heavy (non-hydrogen) atoms. The van der Waals surface area contributed by atoms with Crippen LogP contribution < -0.4 is 0 Å². The maximum atomic E-state index is 3.66. The van der Waals surface area contributed by atoms with E-state index in [1.165, 1.54) is 12.8 Å². The highest BCUT2D eigenvalue weighted by Crippen LogP contribution is 2.31. The van der Waals surface area contributed by atoms with Gasteiger partial charge in [0.2, 0.25) is 0 Å². The summed E-state index contributed by atoms with van der Waals surface area (Å²) in [7, 11) is 0. The number of halogens is 3. The lowest BCUT2D eigenvalue weighted by atomic mass is 9.98. The number of allylic oxidation sites excluding steroid dienone is 2. The van der Waals surface area contributed by atoms with Gasteiger partial charge >= 0.3 is 0 Å². The first kappa shape index (κ1) is 10.3. The van der Waals surface area contributed by atoms with Crippen LogP contribution in [0.2, 0.25) is 0 Å². The van der Waals surface area contributed by atoms with E-state index in [4.69, 9.17) is 0 Å². The second kappa shape index (κ2) is 5.03. The molecule has 2 atom stereocenters. The molecule has 1 aliphatic carbocycles. The van der Waals surface area contributed by atoms with Crippen molar-refractivity contribution in [3.8, 4) is 0 Å². The lowest BCUT2D eigenvalue weighted by molar-refractivity contribution is 0.736. The Hall–Kier alpha value is 1.18. The Balaban J connectivity index is 2.45. The van der Waals surface area contributed by atoms with Crippen molar-refractivity contribution in [2.24, 2.45) is 0 Å². The predicted octanol–water partition coefficient (Wildman–Crippen LogP) is 4.02. The molecule has 0 aromatic rings. The first-order valence-electron chi connectivity index (χ1n) is 3.76. The van der Waals surface area contributed by atoms with Crippen molar-refractivity contribution in [1.82, 2.24) is 0 Å². The third-order valence-corrected chi connectivity index (χ3v) is 4.98. The van der Waals surface area contributed by atoms with E-state index in [0.717, 1.165) is 11.8 Å². The number of hydrogen-bond donors (Lipinski definition) is 0. The molecule has 0 fully saturated rings. The molecular formula is C8H11Br3. The standard InChI is InChI=1S/C8H11Br3/c9-4-3-6-1-2-7(10)8(11)5-6/h1,7-8H,2-5H2. The van der Waals surface area contributed by atoms with Gasteiger partial charge in [-0.2, -0.15) is 0 Å². The van der Waals surface area contributed by atoms with E-state index in [9.17, 15) is 0 Å².